The quantitative estimate of drug-likeness (QED) is 0.846. The van der Waals surface area contributed by atoms with E-state index in [4.69, 9.17) is 11.6 Å². The van der Waals surface area contributed by atoms with Crippen molar-refractivity contribution in [2.45, 2.75) is 32.7 Å². The Morgan fingerprint density at radius 2 is 2.05 bits per heavy atom. The van der Waals surface area contributed by atoms with E-state index in [-0.39, 0.29) is 22.5 Å². The van der Waals surface area contributed by atoms with Crippen molar-refractivity contribution in [1.29, 1.82) is 0 Å². The van der Waals surface area contributed by atoms with Crippen LogP contribution in [0.4, 0.5) is 5.69 Å². The second-order valence-electron chi connectivity index (χ2n) is 4.73. The van der Waals surface area contributed by atoms with Crippen LogP contribution in [0.3, 0.4) is 0 Å². The van der Waals surface area contributed by atoms with Crippen LogP contribution < -0.4 is 10.0 Å². The van der Waals surface area contributed by atoms with Gasteiger partial charge < -0.3 is 5.32 Å². The molecule has 0 saturated heterocycles. The van der Waals surface area contributed by atoms with Crippen molar-refractivity contribution in [3.05, 3.63) is 28.8 Å². The molecule has 0 aliphatic carbocycles. The summed E-state index contributed by atoms with van der Waals surface area (Å²) in [6.45, 7) is 3.94. The van der Waals surface area contributed by atoms with Crippen LogP contribution in [0.15, 0.2) is 18.2 Å². The van der Waals surface area contributed by atoms with Gasteiger partial charge in [0.25, 0.3) is 5.91 Å². The van der Waals surface area contributed by atoms with E-state index in [9.17, 15) is 13.2 Å². The molecular weight excluding hydrogens is 300 g/mol. The normalized spacial score (nSPS) is 12.8. The smallest absolute Gasteiger partial charge is 0.253 e. The largest absolute Gasteiger partial charge is 0.350 e. The van der Waals surface area contributed by atoms with E-state index in [1.807, 2.05) is 13.8 Å². The third kappa shape index (κ3) is 5.38. The molecule has 112 valence electrons. The van der Waals surface area contributed by atoms with Crippen LogP contribution in [0.5, 0.6) is 0 Å². The number of sulfonamides is 1. The van der Waals surface area contributed by atoms with Crippen LogP contribution in [0.1, 0.15) is 37.0 Å². The summed E-state index contributed by atoms with van der Waals surface area (Å²) in [4.78, 5) is 12.1. The molecule has 0 aliphatic heterocycles. The van der Waals surface area contributed by atoms with E-state index < -0.39 is 10.0 Å². The highest BCUT2D eigenvalue weighted by Gasteiger charge is 2.14. The summed E-state index contributed by atoms with van der Waals surface area (Å²) in [6.07, 6.45) is 2.88. The number of rotatable bonds is 6. The highest BCUT2D eigenvalue weighted by atomic mass is 35.5. The lowest BCUT2D eigenvalue weighted by molar-refractivity contribution is 0.0938. The molecule has 0 radical (unpaired) electrons. The number of hydrogen-bond acceptors (Lipinski definition) is 3. The number of carbonyl (C=O) groups is 1. The average Bonchev–Trinajstić information content (AvgIpc) is 2.30. The summed E-state index contributed by atoms with van der Waals surface area (Å²) < 4.78 is 24.7. The zero-order chi connectivity index (χ0) is 15.3. The molecule has 0 aromatic heterocycles. The Labute approximate surface area is 124 Å². The molecular formula is C13H19ClN2O3S. The molecule has 20 heavy (non-hydrogen) atoms. The van der Waals surface area contributed by atoms with Crippen LogP contribution in [-0.2, 0) is 10.0 Å². The van der Waals surface area contributed by atoms with Crippen LogP contribution in [0.25, 0.3) is 0 Å². The van der Waals surface area contributed by atoms with Gasteiger partial charge in [-0.25, -0.2) is 8.42 Å². The molecule has 0 heterocycles. The molecule has 1 unspecified atom stereocenters. The van der Waals surface area contributed by atoms with Crippen molar-refractivity contribution in [2.24, 2.45) is 0 Å². The SMILES string of the molecule is CCCC(C)NC(=O)c1cc(NS(C)(=O)=O)ccc1Cl. The van der Waals surface area contributed by atoms with E-state index in [0.717, 1.165) is 19.1 Å². The number of halogens is 1. The summed E-state index contributed by atoms with van der Waals surface area (Å²) in [6, 6.07) is 4.47. The third-order valence-electron chi connectivity index (χ3n) is 2.61. The van der Waals surface area contributed by atoms with Gasteiger partial charge in [0.05, 0.1) is 16.8 Å². The standard InChI is InChI=1S/C13H19ClN2O3S/c1-4-5-9(2)15-13(17)11-8-10(6-7-12(11)14)16-20(3,18)19/h6-9,16H,4-5H2,1-3H3,(H,15,17). The number of anilines is 1. The zero-order valence-electron chi connectivity index (χ0n) is 11.7. The predicted molar refractivity (Wildman–Crippen MR) is 81.8 cm³/mol. The summed E-state index contributed by atoms with van der Waals surface area (Å²) in [7, 11) is -3.39. The van der Waals surface area contributed by atoms with E-state index in [1.165, 1.54) is 18.2 Å². The Hall–Kier alpha value is -1.27. The number of benzene rings is 1. The van der Waals surface area contributed by atoms with Gasteiger partial charge in [0, 0.05) is 11.7 Å². The molecule has 0 fully saturated rings. The van der Waals surface area contributed by atoms with Gasteiger partial charge in [-0.15, -0.1) is 0 Å². The minimum atomic E-state index is -3.39. The van der Waals surface area contributed by atoms with E-state index in [1.54, 1.807) is 0 Å². The van der Waals surface area contributed by atoms with Gasteiger partial charge in [-0.3, -0.25) is 9.52 Å². The molecule has 1 aromatic carbocycles. The van der Waals surface area contributed by atoms with Crippen molar-refractivity contribution >= 4 is 33.2 Å². The second kappa shape index (κ2) is 6.95. The highest BCUT2D eigenvalue weighted by molar-refractivity contribution is 7.92. The molecule has 1 aromatic rings. The molecule has 1 amide bonds. The van der Waals surface area contributed by atoms with Crippen molar-refractivity contribution in [1.82, 2.24) is 5.32 Å². The lowest BCUT2D eigenvalue weighted by Crippen LogP contribution is -2.32. The molecule has 0 aliphatic rings. The monoisotopic (exact) mass is 318 g/mol. The Morgan fingerprint density at radius 1 is 1.40 bits per heavy atom. The van der Waals surface area contributed by atoms with Crippen LogP contribution in [0.2, 0.25) is 5.02 Å². The van der Waals surface area contributed by atoms with Crippen molar-refractivity contribution in [3.8, 4) is 0 Å². The molecule has 0 saturated carbocycles. The second-order valence-corrected chi connectivity index (χ2v) is 6.89. The van der Waals surface area contributed by atoms with E-state index in [0.29, 0.717) is 5.69 Å². The van der Waals surface area contributed by atoms with Crippen molar-refractivity contribution in [3.63, 3.8) is 0 Å². The Balaban J connectivity index is 2.93. The van der Waals surface area contributed by atoms with Crippen LogP contribution in [0, 0.1) is 0 Å². The Morgan fingerprint density at radius 3 is 2.60 bits per heavy atom. The van der Waals surface area contributed by atoms with Crippen molar-refractivity contribution < 1.29 is 13.2 Å². The van der Waals surface area contributed by atoms with E-state index >= 15 is 0 Å². The average molecular weight is 319 g/mol. The van der Waals surface area contributed by atoms with Gasteiger partial charge in [-0.1, -0.05) is 24.9 Å². The minimum Gasteiger partial charge on any atom is -0.350 e. The molecule has 1 atom stereocenters. The topological polar surface area (TPSA) is 75.3 Å². The highest BCUT2D eigenvalue weighted by Crippen LogP contribution is 2.21. The fraction of sp³-hybridized carbons (Fsp3) is 0.462. The first-order chi connectivity index (χ1) is 9.23. The first-order valence-corrected chi connectivity index (χ1v) is 8.58. The number of hydrogen-bond donors (Lipinski definition) is 2. The minimum absolute atomic E-state index is 0.0371. The lowest BCUT2D eigenvalue weighted by atomic mass is 10.1. The summed E-state index contributed by atoms with van der Waals surface area (Å²) in [5.41, 5.74) is 0.563. The fourth-order valence-corrected chi connectivity index (χ4v) is 2.54. The van der Waals surface area contributed by atoms with Crippen molar-refractivity contribution in [2.75, 3.05) is 11.0 Å². The molecule has 2 N–H and O–H groups in total. The molecule has 1 rings (SSSR count). The Kier molecular flexibility index (Phi) is 5.83. The molecule has 0 spiro atoms. The van der Waals surface area contributed by atoms with Gasteiger partial charge in [0.1, 0.15) is 0 Å². The Bertz CT molecular complexity index is 587. The fourth-order valence-electron chi connectivity index (χ4n) is 1.78. The number of nitrogens with one attached hydrogen (secondary N) is 2. The first-order valence-electron chi connectivity index (χ1n) is 6.31. The van der Waals surface area contributed by atoms with Gasteiger partial charge >= 0.3 is 0 Å². The predicted octanol–water partition coefficient (Wildman–Crippen LogP) is 2.63. The zero-order valence-corrected chi connectivity index (χ0v) is 13.3. The van der Waals surface area contributed by atoms with Gasteiger partial charge in [0.15, 0.2) is 0 Å². The van der Waals surface area contributed by atoms with Crippen LogP contribution in [-0.4, -0.2) is 26.6 Å². The van der Waals surface area contributed by atoms with Crippen LogP contribution >= 0.6 is 11.6 Å². The summed E-state index contributed by atoms with van der Waals surface area (Å²) in [5.74, 6) is -0.312. The van der Waals surface area contributed by atoms with Gasteiger partial charge in [-0.2, -0.15) is 0 Å². The van der Waals surface area contributed by atoms with Gasteiger partial charge in [-0.05, 0) is 31.5 Å². The maximum absolute atomic E-state index is 12.1. The molecule has 7 heteroatoms. The number of amides is 1. The maximum Gasteiger partial charge on any atom is 0.253 e. The van der Waals surface area contributed by atoms with Gasteiger partial charge in [0.2, 0.25) is 10.0 Å². The maximum atomic E-state index is 12.1. The first kappa shape index (κ1) is 16.8. The number of carbonyl (C=O) groups excluding carboxylic acids is 1. The summed E-state index contributed by atoms with van der Waals surface area (Å²) in [5, 5.41) is 3.11. The third-order valence-corrected chi connectivity index (χ3v) is 3.55. The summed E-state index contributed by atoms with van der Waals surface area (Å²) >= 11 is 5.98. The molecule has 0 bridgehead atoms. The molecule has 5 nitrogen and oxygen atoms in total. The lowest BCUT2D eigenvalue weighted by Gasteiger charge is -2.14. The van der Waals surface area contributed by atoms with E-state index in [2.05, 4.69) is 10.0 Å².